The highest BCUT2D eigenvalue weighted by molar-refractivity contribution is 6.06. The van der Waals surface area contributed by atoms with Crippen molar-refractivity contribution in [3.05, 3.63) is 66.6 Å². The second-order valence-electron chi connectivity index (χ2n) is 5.47. The van der Waals surface area contributed by atoms with Crippen molar-refractivity contribution in [2.24, 2.45) is 5.16 Å². The predicted molar refractivity (Wildman–Crippen MR) is 90.6 cm³/mol. The van der Waals surface area contributed by atoms with E-state index in [0.717, 1.165) is 22.2 Å². The van der Waals surface area contributed by atoms with Gasteiger partial charge in [-0.3, -0.25) is 14.8 Å². The first-order valence-corrected chi connectivity index (χ1v) is 7.58. The molecule has 6 heteroatoms. The predicted octanol–water partition coefficient (Wildman–Crippen LogP) is 2.76. The summed E-state index contributed by atoms with van der Waals surface area (Å²) < 4.78 is 0. The molecule has 24 heavy (non-hydrogen) atoms. The molecule has 1 N–H and O–H groups in total. The average Bonchev–Trinajstić information content (AvgIpc) is 3.13. The van der Waals surface area contributed by atoms with E-state index >= 15 is 0 Å². The third-order valence-electron chi connectivity index (χ3n) is 3.85. The third kappa shape index (κ3) is 2.81. The monoisotopic (exact) mass is 318 g/mol. The topological polar surface area (TPSA) is 76.5 Å². The molecule has 0 fully saturated rings. The van der Waals surface area contributed by atoms with Crippen LogP contribution in [0, 0.1) is 0 Å². The number of hydrogen-bond donors (Lipinski definition) is 1. The maximum absolute atomic E-state index is 12.4. The van der Waals surface area contributed by atoms with Gasteiger partial charge in [-0.1, -0.05) is 11.2 Å². The third-order valence-corrected chi connectivity index (χ3v) is 3.85. The van der Waals surface area contributed by atoms with Crippen molar-refractivity contribution in [3.63, 3.8) is 0 Å². The summed E-state index contributed by atoms with van der Waals surface area (Å²) in [4.78, 5) is 25.9. The molecule has 4 rings (SSSR count). The minimum absolute atomic E-state index is 0.217. The van der Waals surface area contributed by atoms with Gasteiger partial charge in [0, 0.05) is 41.6 Å². The molecule has 0 unspecified atom stereocenters. The van der Waals surface area contributed by atoms with Gasteiger partial charge in [-0.25, -0.2) is 0 Å². The van der Waals surface area contributed by atoms with Gasteiger partial charge in [-0.2, -0.15) is 0 Å². The summed E-state index contributed by atoms with van der Waals surface area (Å²) in [5, 5.41) is 7.86. The van der Waals surface area contributed by atoms with Gasteiger partial charge in [0.2, 0.25) is 6.10 Å². The van der Waals surface area contributed by atoms with E-state index in [1.807, 2.05) is 42.5 Å². The first-order chi connectivity index (χ1) is 11.8. The first-order valence-electron chi connectivity index (χ1n) is 7.58. The van der Waals surface area contributed by atoms with Gasteiger partial charge in [-0.05, 0) is 36.4 Å². The van der Waals surface area contributed by atoms with E-state index in [-0.39, 0.29) is 5.91 Å². The van der Waals surface area contributed by atoms with Crippen molar-refractivity contribution in [1.82, 2.24) is 9.97 Å². The van der Waals surface area contributed by atoms with Gasteiger partial charge < -0.3 is 10.2 Å². The standard InChI is InChI=1S/C18H14N4O2/c23-18(17-11-16(22-24-17)12-5-8-19-9-6-12)21-14-3-4-15-13(10-14)2-1-7-20-15/h1-10,17H,11H2,(H,21,23)/t17-/m0/s1. The van der Waals surface area contributed by atoms with Crippen LogP contribution in [0.15, 0.2) is 66.2 Å². The number of pyridine rings is 2. The average molecular weight is 318 g/mol. The van der Waals surface area contributed by atoms with Crippen LogP contribution in [0.2, 0.25) is 0 Å². The summed E-state index contributed by atoms with van der Waals surface area (Å²) in [6.07, 6.45) is 4.93. The molecule has 0 spiro atoms. The van der Waals surface area contributed by atoms with Crippen molar-refractivity contribution in [3.8, 4) is 0 Å². The Kier molecular flexibility index (Phi) is 3.63. The number of hydrogen-bond acceptors (Lipinski definition) is 5. The number of carbonyl (C=O) groups is 1. The minimum Gasteiger partial charge on any atom is -0.382 e. The van der Waals surface area contributed by atoms with Crippen molar-refractivity contribution >= 4 is 28.2 Å². The van der Waals surface area contributed by atoms with E-state index in [1.165, 1.54) is 0 Å². The summed E-state index contributed by atoms with van der Waals surface area (Å²) in [6.45, 7) is 0. The molecule has 1 aliphatic rings. The lowest BCUT2D eigenvalue weighted by atomic mass is 10.1. The van der Waals surface area contributed by atoms with E-state index in [9.17, 15) is 4.79 Å². The molecule has 0 aliphatic carbocycles. The lowest BCUT2D eigenvalue weighted by Crippen LogP contribution is -2.28. The summed E-state index contributed by atoms with van der Waals surface area (Å²) in [7, 11) is 0. The molecule has 0 saturated carbocycles. The molecule has 1 aliphatic heterocycles. The molecule has 3 heterocycles. The smallest absolute Gasteiger partial charge is 0.268 e. The molecular formula is C18H14N4O2. The molecule has 0 bridgehead atoms. The molecule has 6 nitrogen and oxygen atoms in total. The van der Waals surface area contributed by atoms with E-state index in [4.69, 9.17) is 4.84 Å². The number of nitrogens with zero attached hydrogens (tertiary/aromatic N) is 3. The molecular weight excluding hydrogens is 304 g/mol. The van der Waals surface area contributed by atoms with Crippen molar-refractivity contribution in [2.45, 2.75) is 12.5 Å². The van der Waals surface area contributed by atoms with Gasteiger partial charge in [0.15, 0.2) is 0 Å². The van der Waals surface area contributed by atoms with Crippen molar-refractivity contribution in [1.29, 1.82) is 0 Å². The number of aromatic nitrogens is 2. The summed E-state index contributed by atoms with van der Waals surface area (Å²) in [6, 6.07) is 13.1. The molecule has 2 aromatic heterocycles. The van der Waals surface area contributed by atoms with E-state index in [2.05, 4.69) is 20.4 Å². The van der Waals surface area contributed by atoms with Crippen LogP contribution in [-0.2, 0) is 9.63 Å². The zero-order chi connectivity index (χ0) is 16.4. The number of nitrogens with one attached hydrogen (secondary N) is 1. The van der Waals surface area contributed by atoms with Crippen LogP contribution >= 0.6 is 0 Å². The SMILES string of the molecule is O=C(Nc1ccc2ncccc2c1)[C@@H]1CC(c2ccncc2)=NO1. The Morgan fingerprint density at radius 3 is 2.88 bits per heavy atom. The summed E-state index contributed by atoms with van der Waals surface area (Å²) >= 11 is 0. The Morgan fingerprint density at radius 1 is 1.12 bits per heavy atom. The fourth-order valence-electron chi connectivity index (χ4n) is 2.61. The summed E-state index contributed by atoms with van der Waals surface area (Å²) in [5.41, 5.74) is 3.26. The highest BCUT2D eigenvalue weighted by Gasteiger charge is 2.28. The molecule has 0 saturated heterocycles. The molecule has 1 amide bonds. The van der Waals surface area contributed by atoms with Crippen LogP contribution in [0.25, 0.3) is 10.9 Å². The Morgan fingerprint density at radius 2 is 2.00 bits per heavy atom. The molecule has 3 aromatic rings. The highest BCUT2D eigenvalue weighted by Crippen LogP contribution is 2.20. The normalized spacial score (nSPS) is 16.5. The van der Waals surface area contributed by atoms with E-state index in [0.29, 0.717) is 12.1 Å². The number of carbonyl (C=O) groups excluding carboxylic acids is 1. The molecule has 1 atom stereocenters. The van der Waals surface area contributed by atoms with Gasteiger partial charge >= 0.3 is 0 Å². The van der Waals surface area contributed by atoms with Crippen LogP contribution in [0.4, 0.5) is 5.69 Å². The number of benzene rings is 1. The zero-order valence-electron chi connectivity index (χ0n) is 12.7. The van der Waals surface area contributed by atoms with Crippen LogP contribution in [0.5, 0.6) is 0 Å². The molecule has 118 valence electrons. The Labute approximate surface area is 138 Å². The van der Waals surface area contributed by atoms with Crippen LogP contribution < -0.4 is 5.32 Å². The van der Waals surface area contributed by atoms with Gasteiger partial charge in [0.1, 0.15) is 0 Å². The first kappa shape index (κ1) is 14.3. The maximum Gasteiger partial charge on any atom is 0.268 e. The van der Waals surface area contributed by atoms with E-state index < -0.39 is 6.10 Å². The Bertz CT molecular complexity index is 924. The number of amides is 1. The zero-order valence-corrected chi connectivity index (χ0v) is 12.7. The van der Waals surface area contributed by atoms with E-state index in [1.54, 1.807) is 18.6 Å². The molecule has 1 aromatic carbocycles. The van der Waals surface area contributed by atoms with Gasteiger partial charge in [0.05, 0.1) is 11.2 Å². The summed E-state index contributed by atoms with van der Waals surface area (Å²) in [5.74, 6) is -0.217. The second-order valence-corrected chi connectivity index (χ2v) is 5.47. The number of rotatable bonds is 3. The quantitative estimate of drug-likeness (QED) is 0.805. The number of oxime groups is 1. The lowest BCUT2D eigenvalue weighted by Gasteiger charge is -2.10. The Hall–Kier alpha value is -3.28. The van der Waals surface area contributed by atoms with Gasteiger partial charge in [-0.15, -0.1) is 0 Å². The van der Waals surface area contributed by atoms with Crippen molar-refractivity contribution < 1.29 is 9.63 Å². The Balaban J connectivity index is 1.45. The largest absolute Gasteiger partial charge is 0.382 e. The minimum atomic E-state index is -0.627. The van der Waals surface area contributed by atoms with Crippen LogP contribution in [-0.4, -0.2) is 27.7 Å². The number of anilines is 1. The lowest BCUT2D eigenvalue weighted by molar-refractivity contribution is -0.125. The second kappa shape index (κ2) is 6.08. The van der Waals surface area contributed by atoms with Crippen LogP contribution in [0.3, 0.4) is 0 Å². The maximum atomic E-state index is 12.4. The fraction of sp³-hybridized carbons (Fsp3) is 0.111. The van der Waals surface area contributed by atoms with Gasteiger partial charge in [0.25, 0.3) is 5.91 Å². The number of fused-ring (bicyclic) bond motifs is 1. The molecule has 0 radical (unpaired) electrons. The van der Waals surface area contributed by atoms with Crippen molar-refractivity contribution in [2.75, 3.05) is 5.32 Å². The highest BCUT2D eigenvalue weighted by atomic mass is 16.6. The fourth-order valence-corrected chi connectivity index (χ4v) is 2.61. The van der Waals surface area contributed by atoms with Crippen LogP contribution in [0.1, 0.15) is 12.0 Å².